The summed E-state index contributed by atoms with van der Waals surface area (Å²) in [5.74, 6) is 0.124. The molecule has 1 unspecified atom stereocenters. The largest absolute Gasteiger partial charge is 0.497 e. The third kappa shape index (κ3) is 3.81. The lowest BCUT2D eigenvalue weighted by atomic mass is 9.96. The highest BCUT2D eigenvalue weighted by Gasteiger charge is 2.21. The van der Waals surface area contributed by atoms with E-state index in [0.717, 1.165) is 11.3 Å². The first-order chi connectivity index (χ1) is 10.1. The van der Waals surface area contributed by atoms with Gasteiger partial charge in [-0.15, -0.1) is 0 Å². The molecule has 0 bridgehead atoms. The number of carboxylic acids is 1. The van der Waals surface area contributed by atoms with Crippen LogP contribution < -0.4 is 4.74 Å². The zero-order valence-electron chi connectivity index (χ0n) is 12.2. The molecule has 21 heavy (non-hydrogen) atoms. The maximum Gasteiger partial charge on any atom is 0.307 e. The third-order valence-electron chi connectivity index (χ3n) is 3.41. The van der Waals surface area contributed by atoms with Gasteiger partial charge in [-0.3, -0.25) is 9.48 Å². The average Bonchev–Trinajstić information content (AvgIpc) is 2.94. The minimum atomic E-state index is -0.823. The predicted molar refractivity (Wildman–Crippen MR) is 77.2 cm³/mol. The SMILES string of the molecule is CCn1ncnc1CC(Cc1ccc(OC)cc1)C(=O)O. The van der Waals surface area contributed by atoms with E-state index in [-0.39, 0.29) is 0 Å². The van der Waals surface area contributed by atoms with E-state index < -0.39 is 11.9 Å². The predicted octanol–water partition coefficient (Wildman–Crippen LogP) is 1.79. The third-order valence-corrected chi connectivity index (χ3v) is 3.41. The van der Waals surface area contributed by atoms with Crippen molar-refractivity contribution in [1.29, 1.82) is 0 Å². The van der Waals surface area contributed by atoms with Gasteiger partial charge in [-0.25, -0.2) is 4.98 Å². The summed E-state index contributed by atoms with van der Waals surface area (Å²) in [6.45, 7) is 2.64. The van der Waals surface area contributed by atoms with Crippen molar-refractivity contribution in [3.05, 3.63) is 42.0 Å². The van der Waals surface area contributed by atoms with Crippen LogP contribution in [0.25, 0.3) is 0 Å². The Kier molecular flexibility index (Phi) is 4.92. The van der Waals surface area contributed by atoms with Crippen LogP contribution in [-0.4, -0.2) is 33.0 Å². The Morgan fingerprint density at radius 1 is 1.33 bits per heavy atom. The fourth-order valence-corrected chi connectivity index (χ4v) is 2.22. The van der Waals surface area contributed by atoms with E-state index in [1.165, 1.54) is 6.33 Å². The normalized spacial score (nSPS) is 12.1. The topological polar surface area (TPSA) is 77.2 Å². The standard InChI is InChI=1S/C15H19N3O3/c1-3-18-14(16-10-17-18)9-12(15(19)20)8-11-4-6-13(21-2)7-5-11/h4-7,10,12H,3,8-9H2,1-2H3,(H,19,20). The molecule has 0 amide bonds. The minimum absolute atomic E-state index is 0.370. The second kappa shape index (κ2) is 6.88. The summed E-state index contributed by atoms with van der Waals surface area (Å²) in [6.07, 6.45) is 2.29. The number of nitrogens with zero attached hydrogens (tertiary/aromatic N) is 3. The Morgan fingerprint density at radius 2 is 2.05 bits per heavy atom. The molecule has 0 aliphatic carbocycles. The fourth-order valence-electron chi connectivity index (χ4n) is 2.22. The Morgan fingerprint density at radius 3 is 2.62 bits per heavy atom. The molecule has 0 fully saturated rings. The minimum Gasteiger partial charge on any atom is -0.497 e. The number of methoxy groups -OCH3 is 1. The van der Waals surface area contributed by atoms with Gasteiger partial charge in [0.25, 0.3) is 0 Å². The highest BCUT2D eigenvalue weighted by Crippen LogP contribution is 2.17. The first kappa shape index (κ1) is 15.0. The van der Waals surface area contributed by atoms with Crippen LogP contribution >= 0.6 is 0 Å². The molecule has 2 aromatic rings. The van der Waals surface area contributed by atoms with Gasteiger partial charge < -0.3 is 9.84 Å². The van der Waals surface area contributed by atoms with Gasteiger partial charge in [-0.1, -0.05) is 12.1 Å². The molecule has 1 atom stereocenters. The van der Waals surface area contributed by atoms with E-state index in [2.05, 4.69) is 10.1 Å². The van der Waals surface area contributed by atoms with E-state index in [1.54, 1.807) is 11.8 Å². The van der Waals surface area contributed by atoms with Crippen molar-refractivity contribution in [3.63, 3.8) is 0 Å². The summed E-state index contributed by atoms with van der Waals surface area (Å²) in [5.41, 5.74) is 0.964. The number of carbonyl (C=O) groups is 1. The molecular formula is C15H19N3O3. The summed E-state index contributed by atoms with van der Waals surface area (Å²) in [5, 5.41) is 13.5. The number of aliphatic carboxylic acids is 1. The quantitative estimate of drug-likeness (QED) is 0.841. The second-order valence-corrected chi connectivity index (χ2v) is 4.78. The Labute approximate surface area is 123 Å². The van der Waals surface area contributed by atoms with Gasteiger partial charge in [0.05, 0.1) is 13.0 Å². The number of rotatable bonds is 7. The van der Waals surface area contributed by atoms with Crippen LogP contribution in [0.3, 0.4) is 0 Å². The lowest BCUT2D eigenvalue weighted by molar-refractivity contribution is -0.141. The summed E-state index contributed by atoms with van der Waals surface area (Å²) in [6, 6.07) is 7.45. The molecule has 1 aromatic carbocycles. The van der Waals surface area contributed by atoms with E-state index in [1.807, 2.05) is 31.2 Å². The van der Waals surface area contributed by atoms with Crippen molar-refractivity contribution in [3.8, 4) is 5.75 Å². The number of carboxylic acid groups (broad SMARTS) is 1. The van der Waals surface area contributed by atoms with Crippen LogP contribution in [0.2, 0.25) is 0 Å². The molecular weight excluding hydrogens is 270 g/mol. The van der Waals surface area contributed by atoms with Crippen molar-refractivity contribution < 1.29 is 14.6 Å². The van der Waals surface area contributed by atoms with Crippen LogP contribution in [0.1, 0.15) is 18.3 Å². The maximum absolute atomic E-state index is 11.5. The molecule has 6 nitrogen and oxygen atoms in total. The molecule has 0 aliphatic heterocycles. The van der Waals surface area contributed by atoms with E-state index >= 15 is 0 Å². The van der Waals surface area contributed by atoms with Crippen LogP contribution in [-0.2, 0) is 24.2 Å². The smallest absolute Gasteiger partial charge is 0.307 e. The van der Waals surface area contributed by atoms with Gasteiger partial charge >= 0.3 is 5.97 Å². The van der Waals surface area contributed by atoms with Gasteiger partial charge in [0, 0.05) is 13.0 Å². The fraction of sp³-hybridized carbons (Fsp3) is 0.400. The van der Waals surface area contributed by atoms with Gasteiger partial charge in [0.2, 0.25) is 0 Å². The summed E-state index contributed by atoms with van der Waals surface area (Å²) in [7, 11) is 1.60. The van der Waals surface area contributed by atoms with Crippen molar-refractivity contribution >= 4 is 5.97 Å². The Bertz CT molecular complexity index is 592. The lowest BCUT2D eigenvalue weighted by Gasteiger charge is -2.12. The number of ether oxygens (including phenoxy) is 1. The van der Waals surface area contributed by atoms with Crippen molar-refractivity contribution in [2.45, 2.75) is 26.3 Å². The van der Waals surface area contributed by atoms with E-state index in [4.69, 9.17) is 4.74 Å². The molecule has 112 valence electrons. The van der Waals surface area contributed by atoms with Crippen molar-refractivity contribution in [2.24, 2.45) is 5.92 Å². The zero-order chi connectivity index (χ0) is 15.2. The van der Waals surface area contributed by atoms with Gasteiger partial charge in [-0.2, -0.15) is 5.10 Å². The first-order valence-corrected chi connectivity index (χ1v) is 6.86. The highest BCUT2D eigenvalue weighted by atomic mass is 16.5. The summed E-state index contributed by atoms with van der Waals surface area (Å²) in [4.78, 5) is 15.6. The molecule has 0 saturated heterocycles. The lowest BCUT2D eigenvalue weighted by Crippen LogP contribution is -2.21. The molecule has 6 heteroatoms. The Balaban J connectivity index is 2.10. The summed E-state index contributed by atoms with van der Waals surface area (Å²) >= 11 is 0. The van der Waals surface area contributed by atoms with Crippen LogP contribution in [0.5, 0.6) is 5.75 Å². The number of benzene rings is 1. The molecule has 1 N–H and O–H groups in total. The maximum atomic E-state index is 11.5. The average molecular weight is 289 g/mol. The molecule has 2 rings (SSSR count). The highest BCUT2D eigenvalue weighted by molar-refractivity contribution is 5.70. The second-order valence-electron chi connectivity index (χ2n) is 4.78. The van der Waals surface area contributed by atoms with Crippen LogP contribution in [0.15, 0.2) is 30.6 Å². The molecule has 1 heterocycles. The van der Waals surface area contributed by atoms with Gasteiger partial charge in [-0.05, 0) is 31.0 Å². The number of aromatic nitrogens is 3. The van der Waals surface area contributed by atoms with Crippen molar-refractivity contribution in [2.75, 3.05) is 7.11 Å². The Hall–Kier alpha value is -2.37. The molecule has 0 saturated carbocycles. The summed E-state index contributed by atoms with van der Waals surface area (Å²) < 4.78 is 6.83. The molecule has 1 aromatic heterocycles. The van der Waals surface area contributed by atoms with E-state index in [9.17, 15) is 9.90 Å². The monoisotopic (exact) mass is 289 g/mol. The first-order valence-electron chi connectivity index (χ1n) is 6.86. The van der Waals surface area contributed by atoms with Gasteiger partial charge in [0.15, 0.2) is 0 Å². The van der Waals surface area contributed by atoms with E-state index in [0.29, 0.717) is 25.2 Å². The number of hydrogen-bond acceptors (Lipinski definition) is 4. The van der Waals surface area contributed by atoms with Crippen LogP contribution in [0.4, 0.5) is 0 Å². The number of aryl methyl sites for hydroxylation is 1. The number of hydrogen-bond donors (Lipinski definition) is 1. The van der Waals surface area contributed by atoms with Gasteiger partial charge in [0.1, 0.15) is 17.9 Å². The van der Waals surface area contributed by atoms with Crippen molar-refractivity contribution in [1.82, 2.24) is 14.8 Å². The molecule has 0 radical (unpaired) electrons. The zero-order valence-corrected chi connectivity index (χ0v) is 12.2. The molecule has 0 spiro atoms. The van der Waals surface area contributed by atoms with Crippen LogP contribution in [0, 0.1) is 5.92 Å². The molecule has 0 aliphatic rings.